The molecule has 0 bridgehead atoms. The number of amidine groups is 1. The number of aliphatic imine (C=N–C) groups is 1. The Hall–Kier alpha value is -2.97. The summed E-state index contributed by atoms with van der Waals surface area (Å²) in [5.41, 5.74) is 4.37. The Balaban J connectivity index is 2.95. The summed E-state index contributed by atoms with van der Waals surface area (Å²) in [6.45, 7) is 4.71. The third-order valence-corrected chi connectivity index (χ3v) is 3.07. The van der Waals surface area contributed by atoms with Gasteiger partial charge < -0.3 is 20.3 Å². The Labute approximate surface area is 142 Å². The van der Waals surface area contributed by atoms with Gasteiger partial charge in [0.25, 0.3) is 6.02 Å². The van der Waals surface area contributed by atoms with Gasteiger partial charge in [-0.25, -0.2) is 4.79 Å². The lowest BCUT2D eigenvalue weighted by Gasteiger charge is -2.13. The van der Waals surface area contributed by atoms with E-state index in [9.17, 15) is 18.0 Å². The number of ether oxygens (including phenoxy) is 2. The minimum Gasteiger partial charge on any atom is -0.489 e. The molecule has 1 aromatic rings. The van der Waals surface area contributed by atoms with Crippen LogP contribution in [0.1, 0.15) is 18.1 Å². The Morgan fingerprint density at radius 2 is 2.04 bits per heavy atom. The summed E-state index contributed by atoms with van der Waals surface area (Å²) < 4.78 is 47.9. The Bertz CT molecular complexity index is 724. The van der Waals surface area contributed by atoms with E-state index in [4.69, 9.17) is 15.6 Å². The second-order valence-electron chi connectivity index (χ2n) is 4.84. The van der Waals surface area contributed by atoms with Crippen molar-refractivity contribution in [1.82, 2.24) is 0 Å². The second kappa shape index (κ2) is 8.22. The lowest BCUT2D eigenvalue weighted by Crippen LogP contribution is -2.16. The van der Waals surface area contributed by atoms with Crippen LogP contribution in [0.2, 0.25) is 0 Å². The van der Waals surface area contributed by atoms with E-state index in [1.807, 2.05) is 0 Å². The van der Waals surface area contributed by atoms with E-state index in [0.29, 0.717) is 0 Å². The molecule has 0 spiro atoms. The lowest BCUT2D eigenvalue weighted by molar-refractivity contribution is -0.137. The van der Waals surface area contributed by atoms with Crippen LogP contribution in [0.15, 0.2) is 52.9 Å². The number of hydrogen-bond acceptors (Lipinski definition) is 4. The first-order valence-electron chi connectivity index (χ1n) is 6.86. The number of aliphatic carboxylic acids is 1. The first-order valence-corrected chi connectivity index (χ1v) is 6.86. The number of halogens is 3. The van der Waals surface area contributed by atoms with E-state index in [1.165, 1.54) is 26.2 Å². The minimum atomic E-state index is -4.47. The molecule has 3 N–H and O–H groups in total. The van der Waals surface area contributed by atoms with E-state index in [0.717, 1.165) is 12.1 Å². The largest absolute Gasteiger partial charge is 0.489 e. The number of carbonyl (C=O) groups is 1. The van der Waals surface area contributed by atoms with Crippen LogP contribution in [-0.2, 0) is 27.1 Å². The first kappa shape index (κ1) is 20.1. The van der Waals surface area contributed by atoms with Gasteiger partial charge in [-0.15, -0.1) is 0 Å². The summed E-state index contributed by atoms with van der Waals surface area (Å²) in [5, 5.41) is 9.15. The predicted octanol–water partition coefficient (Wildman–Crippen LogP) is 3.06. The molecular weight excluding hydrogens is 341 g/mol. The van der Waals surface area contributed by atoms with Gasteiger partial charge in [-0.1, -0.05) is 18.7 Å². The molecule has 0 saturated heterocycles. The van der Waals surface area contributed by atoms with Gasteiger partial charge in [0, 0.05) is 5.57 Å². The van der Waals surface area contributed by atoms with Crippen molar-refractivity contribution < 1.29 is 32.5 Å². The molecule has 6 nitrogen and oxygen atoms in total. The van der Waals surface area contributed by atoms with Crippen LogP contribution < -0.4 is 5.73 Å². The fraction of sp³-hybridized carbons (Fsp3) is 0.250. The number of carboxylic acids is 1. The average molecular weight is 358 g/mol. The summed E-state index contributed by atoms with van der Waals surface area (Å²) in [6.07, 6.45) is -4.47. The molecule has 0 heterocycles. The summed E-state index contributed by atoms with van der Waals surface area (Å²) in [6, 6.07) is 4.20. The number of alkyl halides is 3. The molecular formula is C16H17F3N2O4. The molecule has 0 atom stereocenters. The summed E-state index contributed by atoms with van der Waals surface area (Å²) in [5.74, 6) is -1.45. The van der Waals surface area contributed by atoms with Gasteiger partial charge in [0.15, 0.2) is 5.70 Å². The Morgan fingerprint density at radius 1 is 1.40 bits per heavy atom. The molecule has 9 heteroatoms. The zero-order valence-electron chi connectivity index (χ0n) is 13.6. The quantitative estimate of drug-likeness (QED) is 0.268. The zero-order chi connectivity index (χ0) is 19.2. The van der Waals surface area contributed by atoms with Crippen molar-refractivity contribution in [2.75, 3.05) is 7.11 Å². The molecule has 0 unspecified atom stereocenters. The molecule has 0 aliphatic heterocycles. The summed E-state index contributed by atoms with van der Waals surface area (Å²) in [4.78, 5) is 14.8. The average Bonchev–Trinajstić information content (AvgIpc) is 2.55. The van der Waals surface area contributed by atoms with Crippen molar-refractivity contribution in [1.29, 1.82) is 0 Å². The summed E-state index contributed by atoms with van der Waals surface area (Å²) >= 11 is 0. The maximum atomic E-state index is 12.7. The first-order chi connectivity index (χ1) is 11.6. The standard InChI is InChI=1S/C16H17F3N2O4/c1-9(13(14(22)23)21-15(20)24-3)10(2)25-8-11-5-4-6-12(7-11)16(17,18)19/h4-7H,2,8H2,1,3H3,(H2,20,21)(H,22,23)/b13-9-. The van der Waals surface area contributed by atoms with E-state index in [-0.39, 0.29) is 29.5 Å². The number of nitrogens with zero attached hydrogens (tertiary/aromatic N) is 1. The number of benzene rings is 1. The van der Waals surface area contributed by atoms with Crippen LogP contribution in [-0.4, -0.2) is 24.2 Å². The van der Waals surface area contributed by atoms with Crippen molar-refractivity contribution in [2.45, 2.75) is 19.7 Å². The smallest absolute Gasteiger partial charge is 0.416 e. The van der Waals surface area contributed by atoms with E-state index in [2.05, 4.69) is 16.3 Å². The van der Waals surface area contributed by atoms with Gasteiger partial charge in [0.1, 0.15) is 12.4 Å². The molecule has 0 fully saturated rings. The molecule has 25 heavy (non-hydrogen) atoms. The molecule has 1 aromatic carbocycles. The number of carboxylic acid groups (broad SMARTS) is 1. The van der Waals surface area contributed by atoms with Crippen molar-refractivity contribution in [3.8, 4) is 0 Å². The van der Waals surface area contributed by atoms with Gasteiger partial charge in [-0.05, 0) is 24.6 Å². The SMILES string of the molecule is C=C(OCc1cccc(C(F)(F)F)c1)/C(C)=C(\N=C(/N)OC)C(=O)O. The number of rotatable bonds is 6. The monoisotopic (exact) mass is 358 g/mol. The van der Waals surface area contributed by atoms with Gasteiger partial charge in [-0.2, -0.15) is 18.2 Å². The fourth-order valence-electron chi connectivity index (χ4n) is 1.70. The topological polar surface area (TPSA) is 94.1 Å². The zero-order valence-corrected chi connectivity index (χ0v) is 13.6. The van der Waals surface area contributed by atoms with Crippen molar-refractivity contribution in [3.63, 3.8) is 0 Å². The van der Waals surface area contributed by atoms with Crippen molar-refractivity contribution in [3.05, 3.63) is 59.0 Å². The van der Waals surface area contributed by atoms with E-state index in [1.54, 1.807) is 0 Å². The van der Waals surface area contributed by atoms with Gasteiger partial charge in [0.2, 0.25) is 0 Å². The maximum absolute atomic E-state index is 12.7. The highest BCUT2D eigenvalue weighted by atomic mass is 19.4. The fourth-order valence-corrected chi connectivity index (χ4v) is 1.70. The van der Waals surface area contributed by atoms with Gasteiger partial charge in [0.05, 0.1) is 12.7 Å². The number of hydrogen-bond donors (Lipinski definition) is 2. The molecule has 136 valence electrons. The summed E-state index contributed by atoms with van der Waals surface area (Å²) in [7, 11) is 1.21. The Kier molecular flexibility index (Phi) is 6.60. The van der Waals surface area contributed by atoms with Crippen LogP contribution in [0.4, 0.5) is 13.2 Å². The number of nitrogens with two attached hydrogens (primary N) is 1. The Morgan fingerprint density at radius 3 is 2.56 bits per heavy atom. The molecule has 0 radical (unpaired) electrons. The van der Waals surface area contributed by atoms with Crippen LogP contribution in [0.25, 0.3) is 0 Å². The third kappa shape index (κ3) is 5.87. The number of methoxy groups -OCH3 is 1. The predicted molar refractivity (Wildman–Crippen MR) is 84.3 cm³/mol. The third-order valence-electron chi connectivity index (χ3n) is 3.07. The van der Waals surface area contributed by atoms with Gasteiger partial charge in [-0.3, -0.25) is 0 Å². The van der Waals surface area contributed by atoms with Crippen LogP contribution >= 0.6 is 0 Å². The molecule has 0 aromatic heterocycles. The van der Waals surface area contributed by atoms with Crippen LogP contribution in [0.5, 0.6) is 0 Å². The highest BCUT2D eigenvalue weighted by molar-refractivity contribution is 5.91. The van der Waals surface area contributed by atoms with Crippen LogP contribution in [0, 0.1) is 0 Å². The molecule has 1 rings (SSSR count). The van der Waals surface area contributed by atoms with Crippen LogP contribution in [0.3, 0.4) is 0 Å². The van der Waals surface area contributed by atoms with Crippen molar-refractivity contribution >= 4 is 12.0 Å². The molecule has 0 amide bonds. The van der Waals surface area contributed by atoms with Gasteiger partial charge >= 0.3 is 12.1 Å². The highest BCUT2D eigenvalue weighted by Crippen LogP contribution is 2.30. The van der Waals surface area contributed by atoms with E-state index >= 15 is 0 Å². The normalized spacial score (nSPS) is 13.1. The lowest BCUT2D eigenvalue weighted by atomic mass is 10.1. The second-order valence-corrected chi connectivity index (χ2v) is 4.84. The highest BCUT2D eigenvalue weighted by Gasteiger charge is 2.30. The molecule has 0 aliphatic carbocycles. The minimum absolute atomic E-state index is 0.0551. The number of allylic oxidation sites excluding steroid dienone is 1. The van der Waals surface area contributed by atoms with E-state index < -0.39 is 23.4 Å². The molecule has 0 saturated carbocycles. The molecule has 0 aliphatic rings. The maximum Gasteiger partial charge on any atom is 0.416 e. The van der Waals surface area contributed by atoms with Crippen molar-refractivity contribution in [2.24, 2.45) is 10.7 Å².